The number of carboxylic acid groups (broad SMARTS) is 1. The second-order valence-electron chi connectivity index (χ2n) is 8.92. The van der Waals surface area contributed by atoms with Crippen LogP contribution >= 0.6 is 0 Å². The summed E-state index contributed by atoms with van der Waals surface area (Å²) in [5, 5.41) is 14.0. The summed E-state index contributed by atoms with van der Waals surface area (Å²) in [5.41, 5.74) is 2.11. The lowest BCUT2D eigenvalue weighted by Gasteiger charge is -2.34. The van der Waals surface area contributed by atoms with E-state index in [1.54, 1.807) is 12.1 Å². The molecule has 1 fully saturated rings. The van der Waals surface area contributed by atoms with Crippen molar-refractivity contribution in [1.82, 2.24) is 15.3 Å². The molecule has 0 amide bonds. The van der Waals surface area contributed by atoms with E-state index in [1.165, 1.54) is 13.2 Å². The van der Waals surface area contributed by atoms with Crippen LogP contribution in [0, 0.1) is 5.82 Å². The predicted octanol–water partition coefficient (Wildman–Crippen LogP) is 3.77. The zero-order valence-corrected chi connectivity index (χ0v) is 20.9. The third-order valence-electron chi connectivity index (χ3n) is 5.71. The van der Waals surface area contributed by atoms with E-state index in [-0.39, 0.29) is 17.9 Å². The maximum Gasteiger partial charge on any atom is 0.490 e. The number of nitrogens with one attached hydrogen (secondary N) is 2. The Labute approximate surface area is 212 Å². The molecular formula is C24H31F4N5O4. The molecule has 0 radical (unpaired) electrons. The van der Waals surface area contributed by atoms with Crippen molar-refractivity contribution in [2.45, 2.75) is 58.0 Å². The molecule has 0 aliphatic carbocycles. The van der Waals surface area contributed by atoms with Gasteiger partial charge in [0, 0.05) is 57.5 Å². The maximum absolute atomic E-state index is 14.2. The molecule has 0 saturated carbocycles. The monoisotopic (exact) mass is 529 g/mol. The molecule has 13 heteroatoms. The normalized spacial score (nSPS) is 15.9. The van der Waals surface area contributed by atoms with Crippen LogP contribution in [0.3, 0.4) is 0 Å². The van der Waals surface area contributed by atoms with Gasteiger partial charge in [0.05, 0.1) is 18.5 Å². The molecule has 2 aliphatic rings. The number of benzene rings is 1. The standard InChI is InChI=1S/C22H30FN5O2.C2HF3O2/c1-14(2)25-21-22(27-19-13-24-9-6-18(19)26-21)28-10-7-15(8-11-28)30-20-5-4-16(29-3)12-17(20)23;3-2(4,5)1(6)7/h4-5,12,14-15,24H,6-11,13H2,1-3H3,(H,25,26);(H,6,7). The zero-order valence-electron chi connectivity index (χ0n) is 20.9. The third-order valence-corrected chi connectivity index (χ3v) is 5.71. The molecule has 2 aromatic rings. The van der Waals surface area contributed by atoms with E-state index in [1.807, 2.05) is 0 Å². The number of hydrogen-bond donors (Lipinski definition) is 3. The van der Waals surface area contributed by atoms with E-state index < -0.39 is 18.0 Å². The molecule has 37 heavy (non-hydrogen) atoms. The molecule has 3 heterocycles. The summed E-state index contributed by atoms with van der Waals surface area (Å²) < 4.78 is 56.9. The van der Waals surface area contributed by atoms with Crippen LogP contribution < -0.4 is 25.0 Å². The van der Waals surface area contributed by atoms with Gasteiger partial charge in [0.2, 0.25) is 0 Å². The number of anilines is 2. The van der Waals surface area contributed by atoms with Gasteiger partial charge in [-0.15, -0.1) is 0 Å². The van der Waals surface area contributed by atoms with Crippen molar-refractivity contribution in [3.8, 4) is 11.5 Å². The van der Waals surface area contributed by atoms with Crippen LogP contribution in [-0.4, -0.2) is 66.1 Å². The van der Waals surface area contributed by atoms with Gasteiger partial charge in [0.25, 0.3) is 0 Å². The lowest BCUT2D eigenvalue weighted by molar-refractivity contribution is -0.192. The molecular weight excluding hydrogens is 498 g/mol. The van der Waals surface area contributed by atoms with Gasteiger partial charge in [-0.3, -0.25) is 0 Å². The average Bonchev–Trinajstić information content (AvgIpc) is 2.85. The van der Waals surface area contributed by atoms with Crippen LogP contribution in [0.1, 0.15) is 38.1 Å². The van der Waals surface area contributed by atoms with Crippen molar-refractivity contribution >= 4 is 17.6 Å². The first kappa shape index (κ1) is 28.2. The van der Waals surface area contributed by atoms with E-state index >= 15 is 0 Å². The summed E-state index contributed by atoms with van der Waals surface area (Å²) in [5.74, 6) is -0.636. The first-order valence-corrected chi connectivity index (χ1v) is 11.9. The highest BCUT2D eigenvalue weighted by atomic mass is 19.4. The third kappa shape index (κ3) is 7.81. The molecule has 1 aromatic carbocycles. The molecule has 1 aromatic heterocycles. The van der Waals surface area contributed by atoms with Gasteiger partial charge in [-0.1, -0.05) is 0 Å². The first-order valence-electron chi connectivity index (χ1n) is 11.9. The Morgan fingerprint density at radius 1 is 1.22 bits per heavy atom. The fraction of sp³-hybridized carbons (Fsp3) is 0.542. The smallest absolute Gasteiger partial charge is 0.490 e. The van der Waals surface area contributed by atoms with Crippen LogP contribution in [0.5, 0.6) is 11.5 Å². The fourth-order valence-electron chi connectivity index (χ4n) is 3.91. The molecule has 4 rings (SSSR count). The number of carbonyl (C=O) groups is 1. The predicted molar refractivity (Wildman–Crippen MR) is 129 cm³/mol. The van der Waals surface area contributed by atoms with Crippen LogP contribution in [0.4, 0.5) is 29.2 Å². The van der Waals surface area contributed by atoms with E-state index in [0.29, 0.717) is 5.75 Å². The highest BCUT2D eigenvalue weighted by Gasteiger charge is 2.38. The number of piperidine rings is 1. The number of methoxy groups -OCH3 is 1. The Hall–Kier alpha value is -3.35. The summed E-state index contributed by atoms with van der Waals surface area (Å²) in [6.07, 6.45) is -2.62. The minimum absolute atomic E-state index is 0.0297. The SMILES string of the molecule is COc1ccc(OC2CCN(c3nc4c(nc3NC(C)C)CCNC4)CC2)c(F)c1.O=C(O)C(F)(F)F. The van der Waals surface area contributed by atoms with Crippen LogP contribution in [0.15, 0.2) is 18.2 Å². The average molecular weight is 530 g/mol. The van der Waals surface area contributed by atoms with Crippen molar-refractivity contribution in [1.29, 1.82) is 0 Å². The molecule has 9 nitrogen and oxygen atoms in total. The number of rotatable bonds is 6. The van der Waals surface area contributed by atoms with E-state index in [4.69, 9.17) is 29.3 Å². The van der Waals surface area contributed by atoms with Gasteiger partial charge in [-0.25, -0.2) is 19.2 Å². The quantitative estimate of drug-likeness (QED) is 0.482. The minimum atomic E-state index is -5.08. The van der Waals surface area contributed by atoms with Gasteiger partial charge in [-0.2, -0.15) is 13.2 Å². The van der Waals surface area contributed by atoms with Crippen molar-refractivity contribution < 1.29 is 36.9 Å². The molecule has 2 aliphatic heterocycles. The second-order valence-corrected chi connectivity index (χ2v) is 8.92. The summed E-state index contributed by atoms with van der Waals surface area (Å²) in [6.45, 7) is 7.48. The Balaban J connectivity index is 0.000000479. The van der Waals surface area contributed by atoms with E-state index in [9.17, 15) is 17.6 Å². The molecule has 0 spiro atoms. The number of ether oxygens (including phenoxy) is 2. The zero-order chi connectivity index (χ0) is 27.2. The lowest BCUT2D eigenvalue weighted by atomic mass is 10.1. The van der Waals surface area contributed by atoms with E-state index in [2.05, 4.69) is 29.4 Å². The summed E-state index contributed by atoms with van der Waals surface area (Å²) in [7, 11) is 1.52. The largest absolute Gasteiger partial charge is 0.497 e. The molecule has 1 saturated heterocycles. The summed E-state index contributed by atoms with van der Waals surface area (Å²) in [6, 6.07) is 4.98. The Morgan fingerprint density at radius 3 is 2.46 bits per heavy atom. The van der Waals surface area contributed by atoms with Crippen molar-refractivity contribution in [3.05, 3.63) is 35.4 Å². The second kappa shape index (κ2) is 12.3. The molecule has 0 bridgehead atoms. The molecule has 0 atom stereocenters. The fourth-order valence-corrected chi connectivity index (χ4v) is 3.91. The first-order chi connectivity index (χ1) is 17.5. The van der Waals surface area contributed by atoms with Gasteiger partial charge in [0.1, 0.15) is 11.9 Å². The van der Waals surface area contributed by atoms with Crippen LogP contribution in [0.2, 0.25) is 0 Å². The van der Waals surface area contributed by atoms with Gasteiger partial charge in [0.15, 0.2) is 23.2 Å². The van der Waals surface area contributed by atoms with Crippen LogP contribution in [-0.2, 0) is 17.8 Å². The number of nitrogens with zero attached hydrogens (tertiary/aromatic N) is 3. The van der Waals surface area contributed by atoms with Crippen molar-refractivity contribution in [2.75, 3.05) is 37.0 Å². The molecule has 204 valence electrons. The topological polar surface area (TPSA) is 109 Å². The highest BCUT2D eigenvalue weighted by molar-refractivity contribution is 5.73. The number of fused-ring (bicyclic) bond motifs is 1. The van der Waals surface area contributed by atoms with Crippen LogP contribution in [0.25, 0.3) is 0 Å². The van der Waals surface area contributed by atoms with Gasteiger partial charge < -0.3 is 30.1 Å². The number of aromatic nitrogens is 2. The van der Waals surface area contributed by atoms with Crippen molar-refractivity contribution in [3.63, 3.8) is 0 Å². The minimum Gasteiger partial charge on any atom is -0.497 e. The molecule has 3 N–H and O–H groups in total. The number of halogens is 4. The molecule has 0 unspecified atom stereocenters. The summed E-state index contributed by atoms with van der Waals surface area (Å²) in [4.78, 5) is 21.0. The van der Waals surface area contributed by atoms with Gasteiger partial charge in [-0.05, 0) is 26.0 Å². The number of alkyl halides is 3. The number of hydrogen-bond acceptors (Lipinski definition) is 8. The highest BCUT2D eigenvalue weighted by Crippen LogP contribution is 2.30. The number of aliphatic carboxylic acids is 1. The Bertz CT molecular complexity index is 1080. The lowest BCUT2D eigenvalue weighted by Crippen LogP contribution is -2.40. The number of carboxylic acids is 1. The van der Waals surface area contributed by atoms with Crippen molar-refractivity contribution in [2.24, 2.45) is 0 Å². The Morgan fingerprint density at radius 2 is 1.89 bits per heavy atom. The van der Waals surface area contributed by atoms with E-state index in [0.717, 1.165) is 68.5 Å². The summed E-state index contributed by atoms with van der Waals surface area (Å²) >= 11 is 0. The Kier molecular flexibility index (Phi) is 9.35. The van der Waals surface area contributed by atoms with Gasteiger partial charge >= 0.3 is 12.1 Å². The maximum atomic E-state index is 14.2.